The fourth-order valence-electron chi connectivity index (χ4n) is 2.43. The first-order chi connectivity index (χ1) is 13.2. The Bertz CT molecular complexity index is 837. The molecule has 0 atom stereocenters. The molecule has 8 nitrogen and oxygen atoms in total. The second-order valence-corrected chi connectivity index (χ2v) is 5.58. The molecule has 0 spiro atoms. The number of ether oxygens (including phenoxy) is 4. The normalized spacial score (nSPS) is 12.1. The molecule has 0 aromatic heterocycles. The van der Waals surface area contributed by atoms with Crippen molar-refractivity contribution in [3.8, 4) is 23.0 Å². The molecule has 0 bridgehead atoms. The van der Waals surface area contributed by atoms with Gasteiger partial charge in [0.2, 0.25) is 6.79 Å². The topological polar surface area (TPSA) is 87.6 Å². The number of fused-ring (bicyclic) bond motifs is 1. The van der Waals surface area contributed by atoms with E-state index >= 15 is 0 Å². The molecular weight excluding hydrogens is 352 g/mol. The molecule has 0 unspecified atom stereocenters. The van der Waals surface area contributed by atoms with Gasteiger partial charge in [-0.2, -0.15) is 0 Å². The second kappa shape index (κ2) is 8.79. The average molecular weight is 372 g/mol. The molecule has 1 aliphatic rings. The predicted molar refractivity (Wildman–Crippen MR) is 97.5 cm³/mol. The van der Waals surface area contributed by atoms with Crippen LogP contribution in [0, 0.1) is 0 Å². The van der Waals surface area contributed by atoms with Crippen LogP contribution in [0.4, 0.5) is 0 Å². The highest BCUT2D eigenvalue weighted by molar-refractivity contribution is 5.84. The van der Waals surface area contributed by atoms with Crippen LogP contribution in [0.1, 0.15) is 11.1 Å². The first-order valence-corrected chi connectivity index (χ1v) is 8.22. The van der Waals surface area contributed by atoms with Gasteiger partial charge in [0.1, 0.15) is 11.5 Å². The minimum Gasteiger partial charge on any atom is -0.497 e. The zero-order valence-electron chi connectivity index (χ0n) is 15.1. The van der Waals surface area contributed by atoms with Crippen LogP contribution in [-0.2, 0) is 16.2 Å². The highest BCUT2D eigenvalue weighted by Crippen LogP contribution is 2.32. The van der Waals surface area contributed by atoms with Crippen LogP contribution < -0.4 is 24.3 Å². The summed E-state index contributed by atoms with van der Waals surface area (Å²) in [7, 11) is 3.13. The molecule has 2 aromatic rings. The number of benzene rings is 2. The third-order valence-corrected chi connectivity index (χ3v) is 3.83. The molecule has 0 radical (unpaired) electrons. The van der Waals surface area contributed by atoms with E-state index in [-0.39, 0.29) is 19.3 Å². The monoisotopic (exact) mass is 372 g/mol. The Morgan fingerprint density at radius 3 is 2.81 bits per heavy atom. The summed E-state index contributed by atoms with van der Waals surface area (Å²) >= 11 is 0. The number of nitrogens with zero attached hydrogens (tertiary/aromatic N) is 1. The SMILES string of the molecule is COc1ccc(OC)c(/C=N\OCC(=O)NCc2ccc3c(c2)OCO3)c1. The van der Waals surface area contributed by atoms with E-state index in [9.17, 15) is 4.79 Å². The predicted octanol–water partition coefficient (Wildman–Crippen LogP) is 2.10. The minimum atomic E-state index is -0.289. The van der Waals surface area contributed by atoms with Gasteiger partial charge in [-0.15, -0.1) is 0 Å². The van der Waals surface area contributed by atoms with E-state index in [0.717, 1.165) is 5.56 Å². The van der Waals surface area contributed by atoms with Crippen LogP contribution in [0.3, 0.4) is 0 Å². The number of nitrogens with one attached hydrogen (secondary N) is 1. The number of rotatable bonds is 8. The van der Waals surface area contributed by atoms with Crippen molar-refractivity contribution < 1.29 is 28.6 Å². The number of methoxy groups -OCH3 is 2. The highest BCUT2D eigenvalue weighted by Gasteiger charge is 2.13. The fraction of sp³-hybridized carbons (Fsp3) is 0.263. The Morgan fingerprint density at radius 2 is 2.00 bits per heavy atom. The lowest BCUT2D eigenvalue weighted by atomic mass is 10.2. The minimum absolute atomic E-state index is 0.201. The van der Waals surface area contributed by atoms with Crippen molar-refractivity contribution in [1.82, 2.24) is 5.32 Å². The number of carbonyl (C=O) groups excluding carboxylic acids is 1. The molecule has 1 aliphatic heterocycles. The van der Waals surface area contributed by atoms with Gasteiger partial charge in [-0.1, -0.05) is 11.2 Å². The molecule has 1 N–H and O–H groups in total. The van der Waals surface area contributed by atoms with Crippen LogP contribution in [0.5, 0.6) is 23.0 Å². The van der Waals surface area contributed by atoms with Gasteiger partial charge in [-0.3, -0.25) is 4.79 Å². The second-order valence-electron chi connectivity index (χ2n) is 5.58. The van der Waals surface area contributed by atoms with Gasteiger partial charge in [-0.25, -0.2) is 0 Å². The standard InChI is InChI=1S/C19H20N2O6/c1-23-15-4-6-16(24-2)14(8-15)10-21-27-11-19(22)20-9-13-3-5-17-18(7-13)26-12-25-17/h3-8,10H,9,11-12H2,1-2H3,(H,20,22)/b21-10-. The first-order valence-electron chi connectivity index (χ1n) is 8.22. The zero-order valence-corrected chi connectivity index (χ0v) is 15.1. The molecule has 0 aliphatic carbocycles. The molecule has 8 heteroatoms. The largest absolute Gasteiger partial charge is 0.497 e. The van der Waals surface area contributed by atoms with Crippen LogP contribution >= 0.6 is 0 Å². The van der Waals surface area contributed by atoms with E-state index < -0.39 is 0 Å². The average Bonchev–Trinajstić information content (AvgIpc) is 3.17. The van der Waals surface area contributed by atoms with Gasteiger partial charge in [-0.05, 0) is 35.9 Å². The lowest BCUT2D eigenvalue weighted by Crippen LogP contribution is -2.26. The molecule has 142 valence electrons. The summed E-state index contributed by atoms with van der Waals surface area (Å²) in [5.74, 6) is 2.38. The molecule has 2 aromatic carbocycles. The van der Waals surface area contributed by atoms with Crippen molar-refractivity contribution in [2.75, 3.05) is 27.6 Å². The lowest BCUT2D eigenvalue weighted by molar-refractivity contribution is -0.125. The Kier molecular flexibility index (Phi) is 5.98. The maximum atomic E-state index is 11.9. The van der Waals surface area contributed by atoms with Gasteiger partial charge in [0.05, 0.1) is 20.4 Å². The Balaban J connectivity index is 1.46. The maximum Gasteiger partial charge on any atom is 0.261 e. The number of hydrogen-bond donors (Lipinski definition) is 1. The van der Waals surface area contributed by atoms with Crippen molar-refractivity contribution >= 4 is 12.1 Å². The van der Waals surface area contributed by atoms with E-state index in [1.54, 1.807) is 32.4 Å². The van der Waals surface area contributed by atoms with Gasteiger partial charge < -0.3 is 29.1 Å². The molecule has 0 fully saturated rings. The number of oxime groups is 1. The number of carbonyl (C=O) groups is 1. The smallest absolute Gasteiger partial charge is 0.261 e. The zero-order chi connectivity index (χ0) is 19.1. The third-order valence-electron chi connectivity index (χ3n) is 3.83. The van der Waals surface area contributed by atoms with Crippen molar-refractivity contribution in [1.29, 1.82) is 0 Å². The van der Waals surface area contributed by atoms with Crippen LogP contribution in [0.25, 0.3) is 0 Å². The van der Waals surface area contributed by atoms with Gasteiger partial charge >= 0.3 is 0 Å². The van der Waals surface area contributed by atoms with Crippen LogP contribution in [-0.4, -0.2) is 39.7 Å². The lowest BCUT2D eigenvalue weighted by Gasteiger charge is -2.07. The first kappa shape index (κ1) is 18.4. The summed E-state index contributed by atoms with van der Waals surface area (Å²) in [6, 6.07) is 10.8. The van der Waals surface area contributed by atoms with E-state index in [1.807, 2.05) is 18.2 Å². The summed E-state index contributed by atoms with van der Waals surface area (Å²) in [6.07, 6.45) is 1.46. The summed E-state index contributed by atoms with van der Waals surface area (Å²) < 4.78 is 21.0. The Hall–Kier alpha value is -3.42. The molecule has 1 heterocycles. The molecule has 0 saturated heterocycles. The third kappa shape index (κ3) is 4.81. The molecular formula is C19H20N2O6. The van der Waals surface area contributed by atoms with E-state index in [0.29, 0.717) is 35.1 Å². The van der Waals surface area contributed by atoms with Gasteiger partial charge in [0, 0.05) is 12.1 Å². The summed E-state index contributed by atoms with van der Waals surface area (Å²) in [6.45, 7) is 0.370. The van der Waals surface area contributed by atoms with E-state index in [4.69, 9.17) is 23.8 Å². The van der Waals surface area contributed by atoms with Crippen LogP contribution in [0.2, 0.25) is 0 Å². The number of amides is 1. The summed E-state index contributed by atoms with van der Waals surface area (Å²) in [4.78, 5) is 16.9. The van der Waals surface area contributed by atoms with E-state index in [2.05, 4.69) is 10.5 Å². The van der Waals surface area contributed by atoms with Crippen molar-refractivity contribution in [2.45, 2.75) is 6.54 Å². The fourth-order valence-corrected chi connectivity index (χ4v) is 2.43. The van der Waals surface area contributed by atoms with E-state index in [1.165, 1.54) is 6.21 Å². The van der Waals surface area contributed by atoms with Gasteiger partial charge in [0.15, 0.2) is 18.1 Å². The molecule has 3 rings (SSSR count). The van der Waals surface area contributed by atoms with Crippen molar-refractivity contribution in [3.05, 3.63) is 47.5 Å². The van der Waals surface area contributed by atoms with Crippen molar-refractivity contribution in [3.63, 3.8) is 0 Å². The molecule has 27 heavy (non-hydrogen) atoms. The quantitative estimate of drug-likeness (QED) is 0.564. The Labute approximate surface area is 156 Å². The highest BCUT2D eigenvalue weighted by atomic mass is 16.7. The van der Waals surface area contributed by atoms with Gasteiger partial charge in [0.25, 0.3) is 5.91 Å². The molecule has 0 saturated carbocycles. The molecule has 1 amide bonds. The Morgan fingerprint density at radius 1 is 1.15 bits per heavy atom. The maximum absolute atomic E-state index is 11.9. The number of hydrogen-bond acceptors (Lipinski definition) is 7. The summed E-state index contributed by atoms with van der Waals surface area (Å²) in [5, 5.41) is 6.56. The van der Waals surface area contributed by atoms with Crippen LogP contribution in [0.15, 0.2) is 41.6 Å². The van der Waals surface area contributed by atoms with Crippen molar-refractivity contribution in [2.24, 2.45) is 5.16 Å². The summed E-state index contributed by atoms with van der Waals surface area (Å²) in [5.41, 5.74) is 1.58.